The molecule has 0 amide bonds. The SMILES string of the molecule is Clc1cc(Cl)cc(-n2nc3ccccc3n2)c1. The summed E-state index contributed by atoms with van der Waals surface area (Å²) in [4.78, 5) is 1.53. The summed E-state index contributed by atoms with van der Waals surface area (Å²) in [6, 6.07) is 12.9. The second-order valence-electron chi connectivity index (χ2n) is 3.61. The second kappa shape index (κ2) is 4.02. The Morgan fingerprint density at radius 1 is 0.824 bits per heavy atom. The van der Waals surface area contributed by atoms with Crippen molar-refractivity contribution in [1.82, 2.24) is 15.0 Å². The lowest BCUT2D eigenvalue weighted by atomic mass is 10.3. The van der Waals surface area contributed by atoms with Crippen LogP contribution in [0, 0.1) is 0 Å². The molecule has 0 spiro atoms. The van der Waals surface area contributed by atoms with E-state index in [0.29, 0.717) is 10.0 Å². The van der Waals surface area contributed by atoms with Crippen molar-refractivity contribution < 1.29 is 0 Å². The predicted molar refractivity (Wildman–Crippen MR) is 68.9 cm³/mol. The molecule has 0 saturated heterocycles. The van der Waals surface area contributed by atoms with Gasteiger partial charge < -0.3 is 0 Å². The third-order valence-electron chi connectivity index (χ3n) is 2.36. The summed E-state index contributed by atoms with van der Waals surface area (Å²) in [6.07, 6.45) is 0. The molecule has 1 aromatic heterocycles. The third-order valence-corrected chi connectivity index (χ3v) is 2.80. The molecule has 0 aliphatic heterocycles. The maximum atomic E-state index is 5.95. The van der Waals surface area contributed by atoms with Crippen LogP contribution in [0.1, 0.15) is 0 Å². The van der Waals surface area contributed by atoms with E-state index in [1.54, 1.807) is 18.2 Å². The highest BCUT2D eigenvalue weighted by atomic mass is 35.5. The summed E-state index contributed by atoms with van der Waals surface area (Å²) in [6.45, 7) is 0. The highest BCUT2D eigenvalue weighted by Crippen LogP contribution is 2.21. The van der Waals surface area contributed by atoms with Gasteiger partial charge in [0.2, 0.25) is 0 Å². The van der Waals surface area contributed by atoms with Gasteiger partial charge in [0.05, 0.1) is 5.69 Å². The number of aromatic nitrogens is 3. The molecule has 0 bridgehead atoms. The fraction of sp³-hybridized carbons (Fsp3) is 0. The molecule has 0 unspecified atom stereocenters. The zero-order chi connectivity index (χ0) is 11.8. The number of hydrogen-bond acceptors (Lipinski definition) is 2. The maximum absolute atomic E-state index is 5.95. The number of benzene rings is 2. The van der Waals surface area contributed by atoms with Gasteiger partial charge in [0.15, 0.2) is 0 Å². The monoisotopic (exact) mass is 263 g/mol. The highest BCUT2D eigenvalue weighted by Gasteiger charge is 2.05. The van der Waals surface area contributed by atoms with Crippen LogP contribution >= 0.6 is 23.2 Å². The van der Waals surface area contributed by atoms with E-state index in [9.17, 15) is 0 Å². The minimum absolute atomic E-state index is 0.564. The molecule has 3 aromatic rings. The molecule has 0 radical (unpaired) electrons. The van der Waals surface area contributed by atoms with Crippen molar-refractivity contribution in [2.75, 3.05) is 0 Å². The summed E-state index contributed by atoms with van der Waals surface area (Å²) in [5.41, 5.74) is 2.42. The van der Waals surface area contributed by atoms with Crippen LogP contribution in [0.5, 0.6) is 0 Å². The van der Waals surface area contributed by atoms with Crippen molar-refractivity contribution in [1.29, 1.82) is 0 Å². The van der Waals surface area contributed by atoms with Crippen LogP contribution in [0.15, 0.2) is 42.5 Å². The molecule has 0 fully saturated rings. The molecule has 1 heterocycles. The first-order chi connectivity index (χ1) is 8.22. The first-order valence-corrected chi connectivity index (χ1v) is 5.76. The topological polar surface area (TPSA) is 30.7 Å². The molecule has 0 atom stereocenters. The molecule has 0 aliphatic carbocycles. The van der Waals surface area contributed by atoms with Crippen molar-refractivity contribution in [2.24, 2.45) is 0 Å². The van der Waals surface area contributed by atoms with Crippen LogP contribution in [-0.2, 0) is 0 Å². The molecule has 0 saturated carbocycles. The lowest BCUT2D eigenvalue weighted by molar-refractivity contribution is 0.766. The van der Waals surface area contributed by atoms with Crippen molar-refractivity contribution in [2.45, 2.75) is 0 Å². The summed E-state index contributed by atoms with van der Waals surface area (Å²) >= 11 is 11.9. The minimum Gasteiger partial charge on any atom is -0.150 e. The van der Waals surface area contributed by atoms with Gasteiger partial charge in [0.1, 0.15) is 11.0 Å². The van der Waals surface area contributed by atoms with Crippen LogP contribution in [-0.4, -0.2) is 15.0 Å². The second-order valence-corrected chi connectivity index (χ2v) is 4.48. The molecule has 17 heavy (non-hydrogen) atoms. The highest BCUT2D eigenvalue weighted by molar-refractivity contribution is 6.34. The molecule has 0 N–H and O–H groups in total. The summed E-state index contributed by atoms with van der Waals surface area (Å²) in [5.74, 6) is 0. The Bertz CT molecular complexity index is 638. The van der Waals surface area contributed by atoms with E-state index in [1.807, 2.05) is 24.3 Å². The Hall–Kier alpha value is -1.58. The van der Waals surface area contributed by atoms with Gasteiger partial charge in [-0.05, 0) is 30.3 Å². The Morgan fingerprint density at radius 2 is 1.35 bits per heavy atom. The fourth-order valence-electron chi connectivity index (χ4n) is 1.63. The van der Waals surface area contributed by atoms with E-state index >= 15 is 0 Å². The number of halogens is 2. The molecule has 5 heteroatoms. The number of hydrogen-bond donors (Lipinski definition) is 0. The van der Waals surface area contributed by atoms with Crippen LogP contribution in [0.4, 0.5) is 0 Å². The van der Waals surface area contributed by atoms with Crippen molar-refractivity contribution >= 4 is 34.2 Å². The van der Waals surface area contributed by atoms with Crippen LogP contribution in [0.2, 0.25) is 10.0 Å². The standard InChI is InChI=1S/C12H7Cl2N3/c13-8-5-9(14)7-10(6-8)17-15-11-3-1-2-4-12(11)16-17/h1-7H. The van der Waals surface area contributed by atoms with Crippen LogP contribution in [0.3, 0.4) is 0 Å². The van der Waals surface area contributed by atoms with Gasteiger partial charge in [0.25, 0.3) is 0 Å². The molecule has 2 aromatic carbocycles. The summed E-state index contributed by atoms with van der Waals surface area (Å²) in [7, 11) is 0. The summed E-state index contributed by atoms with van der Waals surface area (Å²) in [5, 5.41) is 9.83. The third kappa shape index (κ3) is 1.99. The predicted octanol–water partition coefficient (Wildman–Crippen LogP) is 3.73. The van der Waals surface area contributed by atoms with Gasteiger partial charge in [-0.3, -0.25) is 0 Å². The van der Waals surface area contributed by atoms with Gasteiger partial charge in [-0.2, -0.15) is 4.80 Å². The van der Waals surface area contributed by atoms with E-state index in [0.717, 1.165) is 16.7 Å². The molecule has 3 nitrogen and oxygen atoms in total. The molecule has 84 valence electrons. The molecule has 3 rings (SSSR count). The first-order valence-electron chi connectivity index (χ1n) is 5.01. The molecular weight excluding hydrogens is 257 g/mol. The van der Waals surface area contributed by atoms with E-state index < -0.39 is 0 Å². The fourth-order valence-corrected chi connectivity index (χ4v) is 2.14. The van der Waals surface area contributed by atoms with Gasteiger partial charge in [0, 0.05) is 10.0 Å². The number of nitrogens with zero attached hydrogens (tertiary/aromatic N) is 3. The zero-order valence-electron chi connectivity index (χ0n) is 8.64. The smallest absolute Gasteiger partial charge is 0.113 e. The van der Waals surface area contributed by atoms with Gasteiger partial charge in [-0.15, -0.1) is 10.2 Å². The Balaban J connectivity index is 2.20. The van der Waals surface area contributed by atoms with Gasteiger partial charge in [-0.1, -0.05) is 35.3 Å². The normalized spacial score (nSPS) is 10.9. The van der Waals surface area contributed by atoms with E-state index in [1.165, 1.54) is 4.80 Å². The van der Waals surface area contributed by atoms with Crippen molar-refractivity contribution in [3.8, 4) is 5.69 Å². The minimum atomic E-state index is 0.564. The van der Waals surface area contributed by atoms with E-state index in [4.69, 9.17) is 23.2 Å². The lowest BCUT2D eigenvalue weighted by Gasteiger charge is -2.00. The molecular formula is C12H7Cl2N3. The van der Waals surface area contributed by atoms with Crippen LogP contribution < -0.4 is 0 Å². The quantitative estimate of drug-likeness (QED) is 0.670. The lowest BCUT2D eigenvalue weighted by Crippen LogP contribution is -1.98. The van der Waals surface area contributed by atoms with Crippen molar-refractivity contribution in [3.63, 3.8) is 0 Å². The average molecular weight is 264 g/mol. The Labute approximate surface area is 108 Å². The maximum Gasteiger partial charge on any atom is 0.113 e. The average Bonchev–Trinajstić information content (AvgIpc) is 2.71. The largest absolute Gasteiger partial charge is 0.150 e. The van der Waals surface area contributed by atoms with E-state index in [2.05, 4.69) is 10.2 Å². The van der Waals surface area contributed by atoms with Crippen molar-refractivity contribution in [3.05, 3.63) is 52.5 Å². The Morgan fingerprint density at radius 3 is 1.88 bits per heavy atom. The van der Waals surface area contributed by atoms with E-state index in [-0.39, 0.29) is 0 Å². The number of rotatable bonds is 1. The number of fused-ring (bicyclic) bond motifs is 1. The Kier molecular flexibility index (Phi) is 2.50. The van der Waals surface area contributed by atoms with Gasteiger partial charge in [-0.25, -0.2) is 0 Å². The summed E-state index contributed by atoms with van der Waals surface area (Å²) < 4.78 is 0. The first kappa shape index (κ1) is 10.6. The zero-order valence-corrected chi connectivity index (χ0v) is 10.2. The van der Waals surface area contributed by atoms with Crippen LogP contribution in [0.25, 0.3) is 16.7 Å². The van der Waals surface area contributed by atoms with Gasteiger partial charge >= 0.3 is 0 Å². The molecule has 0 aliphatic rings.